The molecule has 0 unspecified atom stereocenters. The molecule has 2 aliphatic heterocycles. The first kappa shape index (κ1) is 25.8. The molecule has 0 amide bonds. The summed E-state index contributed by atoms with van der Waals surface area (Å²) in [5.41, 5.74) is 1.93. The monoisotopic (exact) mass is 526 g/mol. The van der Waals surface area contributed by atoms with Gasteiger partial charge in [0.25, 0.3) is 0 Å². The third-order valence-corrected chi connectivity index (χ3v) is 10.9. The third-order valence-electron chi connectivity index (χ3n) is 10.9. The Morgan fingerprint density at radius 2 is 1.92 bits per heavy atom. The van der Waals surface area contributed by atoms with E-state index < -0.39 is 28.3 Å². The number of rotatable bonds is 5. The number of furan rings is 1. The summed E-state index contributed by atoms with van der Waals surface area (Å²) in [7, 11) is 0. The molecule has 1 aromatic heterocycles. The van der Waals surface area contributed by atoms with Gasteiger partial charge in [-0.15, -0.1) is 0 Å². The Hall–Kier alpha value is -2.45. The first-order valence-corrected chi connectivity index (χ1v) is 13.8. The molecule has 0 N–H and O–H groups in total. The van der Waals surface area contributed by atoms with Gasteiger partial charge in [0, 0.05) is 42.9 Å². The summed E-state index contributed by atoms with van der Waals surface area (Å²) in [6.07, 6.45) is 3.82. The zero-order valence-corrected chi connectivity index (χ0v) is 23.1. The minimum atomic E-state index is -0.694. The molecule has 0 bridgehead atoms. The molecule has 5 aliphatic rings. The van der Waals surface area contributed by atoms with Crippen LogP contribution in [0.2, 0.25) is 0 Å². The van der Waals surface area contributed by atoms with Crippen LogP contribution >= 0.6 is 0 Å². The molecule has 8 nitrogen and oxygen atoms in total. The molecule has 3 aliphatic carbocycles. The number of allylic oxidation sites excluding steroid dienone is 1. The second kappa shape index (κ2) is 8.52. The Morgan fingerprint density at radius 1 is 1.16 bits per heavy atom. The molecule has 3 heterocycles. The van der Waals surface area contributed by atoms with Crippen LogP contribution in [0, 0.1) is 28.1 Å². The molecule has 8 heteroatoms. The maximum atomic E-state index is 13.6. The first-order valence-electron chi connectivity index (χ1n) is 13.8. The van der Waals surface area contributed by atoms with E-state index in [1.165, 1.54) is 25.0 Å². The Labute approximate surface area is 223 Å². The zero-order valence-electron chi connectivity index (χ0n) is 23.1. The molecular formula is C30H38O8. The molecule has 38 heavy (non-hydrogen) atoms. The van der Waals surface area contributed by atoms with Gasteiger partial charge >= 0.3 is 11.9 Å². The molecule has 10 atom stereocenters. The van der Waals surface area contributed by atoms with Gasteiger partial charge in [0.1, 0.15) is 11.9 Å². The van der Waals surface area contributed by atoms with E-state index in [0.29, 0.717) is 13.0 Å². The fraction of sp³-hybridized carbons (Fsp3) is 0.700. The van der Waals surface area contributed by atoms with Gasteiger partial charge in [-0.3, -0.25) is 14.4 Å². The van der Waals surface area contributed by atoms with Crippen molar-refractivity contribution in [3.05, 3.63) is 35.3 Å². The fourth-order valence-corrected chi connectivity index (χ4v) is 9.56. The maximum Gasteiger partial charge on any atom is 0.302 e. The van der Waals surface area contributed by atoms with Gasteiger partial charge in [0.15, 0.2) is 0 Å². The lowest BCUT2D eigenvalue weighted by Crippen LogP contribution is -2.70. The van der Waals surface area contributed by atoms with Gasteiger partial charge in [-0.2, -0.15) is 0 Å². The zero-order chi connectivity index (χ0) is 27.2. The van der Waals surface area contributed by atoms with Crippen molar-refractivity contribution < 1.29 is 37.7 Å². The molecule has 4 fully saturated rings. The van der Waals surface area contributed by atoms with E-state index in [1.807, 2.05) is 13.0 Å². The smallest absolute Gasteiger partial charge is 0.302 e. The number of fused-ring (bicyclic) bond motifs is 4. The normalized spacial score (nSPS) is 45.0. The van der Waals surface area contributed by atoms with Crippen LogP contribution in [0.4, 0.5) is 0 Å². The molecule has 206 valence electrons. The van der Waals surface area contributed by atoms with Gasteiger partial charge in [-0.1, -0.05) is 26.3 Å². The van der Waals surface area contributed by atoms with Crippen molar-refractivity contribution in [3.63, 3.8) is 0 Å². The van der Waals surface area contributed by atoms with Crippen molar-refractivity contribution in [1.29, 1.82) is 0 Å². The number of Topliss-reactive ketones (excluding diaryl/α,β-unsaturated/α-hetero) is 1. The van der Waals surface area contributed by atoms with Crippen molar-refractivity contribution in [2.75, 3.05) is 13.2 Å². The molecular weight excluding hydrogens is 488 g/mol. The number of carbonyl (C=O) groups excluding carboxylic acids is 3. The van der Waals surface area contributed by atoms with E-state index in [0.717, 1.165) is 12.0 Å². The quantitative estimate of drug-likeness (QED) is 0.412. The predicted octanol–water partition coefficient (Wildman–Crippen LogP) is 4.37. The Kier molecular flexibility index (Phi) is 5.79. The van der Waals surface area contributed by atoms with Crippen LogP contribution in [0.1, 0.15) is 72.3 Å². The van der Waals surface area contributed by atoms with Crippen LogP contribution in [0.3, 0.4) is 0 Å². The van der Waals surface area contributed by atoms with Crippen LogP contribution in [0.25, 0.3) is 0 Å². The highest BCUT2D eigenvalue weighted by Crippen LogP contribution is 2.73. The SMILES string of the molecule is CC(=O)OCC[C@H]1[C@]2(C)C3=C(C)[C@H](c4ccoc4)C[C@H]3O[C@@H]2[C@@H]2OC[C@]3(C)C(=O)C[C@@H](OC(C)=O)[C@@]1(C)[C@@H]23. The van der Waals surface area contributed by atoms with Gasteiger partial charge < -0.3 is 23.4 Å². The van der Waals surface area contributed by atoms with E-state index in [1.54, 1.807) is 12.5 Å². The maximum absolute atomic E-state index is 13.6. The molecule has 1 aromatic rings. The van der Waals surface area contributed by atoms with Gasteiger partial charge in [0.05, 0.1) is 49.5 Å². The summed E-state index contributed by atoms with van der Waals surface area (Å²) >= 11 is 0. The highest BCUT2D eigenvalue weighted by atomic mass is 16.6. The Balaban J connectivity index is 1.53. The third kappa shape index (κ3) is 3.25. The molecule has 2 saturated carbocycles. The lowest BCUT2D eigenvalue weighted by Gasteiger charge is -2.64. The summed E-state index contributed by atoms with van der Waals surface area (Å²) in [5.74, 6) is -0.733. The lowest BCUT2D eigenvalue weighted by molar-refractivity contribution is -0.230. The van der Waals surface area contributed by atoms with Crippen molar-refractivity contribution in [3.8, 4) is 0 Å². The topological polar surface area (TPSA) is 101 Å². The molecule has 0 aromatic carbocycles. The number of ketones is 1. The van der Waals surface area contributed by atoms with Gasteiger partial charge in [-0.05, 0) is 42.9 Å². The molecule has 0 spiro atoms. The molecule has 0 radical (unpaired) electrons. The van der Waals surface area contributed by atoms with Crippen molar-refractivity contribution >= 4 is 17.7 Å². The van der Waals surface area contributed by atoms with Crippen LogP contribution < -0.4 is 0 Å². The van der Waals surface area contributed by atoms with E-state index in [4.69, 9.17) is 23.4 Å². The number of esters is 2. The highest BCUT2D eigenvalue weighted by Gasteiger charge is 2.77. The second-order valence-electron chi connectivity index (χ2n) is 12.7. The molecule has 2 saturated heterocycles. The standard InChI is InChI=1S/C30H38O8/c1-15-19(18-7-9-34-13-18)11-20-24(15)30(6)21(8-10-35-16(2)31)29(5)23(37-17(3)32)12-22(33)28(4)14-36-25(26(28)29)27(30)38-20/h7,9,13,19-21,23,25-27H,8,10-12,14H2,1-6H3/t19-,20-,21-,23-,25-,26+,27-,28-,29+,30-/m1/s1. The van der Waals surface area contributed by atoms with Crippen molar-refractivity contribution in [2.24, 2.45) is 28.1 Å². The summed E-state index contributed by atoms with van der Waals surface area (Å²) in [6.45, 7) is 12.0. The van der Waals surface area contributed by atoms with Crippen LogP contribution in [0.15, 0.2) is 34.2 Å². The van der Waals surface area contributed by atoms with Crippen LogP contribution in [-0.4, -0.2) is 55.4 Å². The van der Waals surface area contributed by atoms with E-state index in [-0.39, 0.29) is 60.8 Å². The fourth-order valence-electron chi connectivity index (χ4n) is 9.56. The predicted molar refractivity (Wildman–Crippen MR) is 135 cm³/mol. The van der Waals surface area contributed by atoms with Crippen LogP contribution in [-0.2, 0) is 33.3 Å². The Bertz CT molecular complexity index is 1200. The number of ether oxygens (including phenoxy) is 4. The summed E-state index contributed by atoms with van der Waals surface area (Å²) < 4.78 is 30.3. The lowest BCUT2D eigenvalue weighted by atomic mass is 9.40. The van der Waals surface area contributed by atoms with Gasteiger partial charge in [-0.25, -0.2) is 0 Å². The second-order valence-corrected chi connectivity index (χ2v) is 12.7. The number of hydrogen-bond donors (Lipinski definition) is 0. The first-order chi connectivity index (χ1) is 17.9. The average molecular weight is 527 g/mol. The van der Waals surface area contributed by atoms with Crippen molar-refractivity contribution in [1.82, 2.24) is 0 Å². The van der Waals surface area contributed by atoms with E-state index in [2.05, 4.69) is 20.8 Å². The van der Waals surface area contributed by atoms with Crippen LogP contribution in [0.5, 0.6) is 0 Å². The van der Waals surface area contributed by atoms with E-state index in [9.17, 15) is 14.4 Å². The summed E-state index contributed by atoms with van der Waals surface area (Å²) in [4.78, 5) is 37.7. The highest BCUT2D eigenvalue weighted by molar-refractivity contribution is 5.87. The number of carbonyl (C=O) groups is 3. The molecule has 6 rings (SSSR count). The average Bonchev–Trinajstić information content (AvgIpc) is 3.60. The summed E-state index contributed by atoms with van der Waals surface area (Å²) in [6, 6.07) is 2.01. The Morgan fingerprint density at radius 3 is 2.58 bits per heavy atom. The minimum Gasteiger partial charge on any atom is -0.472 e. The van der Waals surface area contributed by atoms with E-state index >= 15 is 0 Å². The minimum absolute atomic E-state index is 0.0738. The summed E-state index contributed by atoms with van der Waals surface area (Å²) in [5, 5.41) is 0. The largest absolute Gasteiger partial charge is 0.472 e. The van der Waals surface area contributed by atoms with Crippen molar-refractivity contribution in [2.45, 2.75) is 91.1 Å². The number of hydrogen-bond acceptors (Lipinski definition) is 8. The van der Waals surface area contributed by atoms with Gasteiger partial charge in [0.2, 0.25) is 0 Å².